The molecular weight excluding hydrogens is 185 g/mol. The highest BCUT2D eigenvalue weighted by atomic mass is 19.3. The van der Waals surface area contributed by atoms with Crippen molar-refractivity contribution in [1.82, 2.24) is 9.97 Å². The van der Waals surface area contributed by atoms with E-state index in [1.165, 1.54) is 0 Å². The molecule has 70 valence electrons. The van der Waals surface area contributed by atoms with Crippen molar-refractivity contribution in [1.29, 1.82) is 0 Å². The summed E-state index contributed by atoms with van der Waals surface area (Å²) in [5, 5.41) is 17.3. The lowest BCUT2D eigenvalue weighted by molar-refractivity contribution is -0.0524. The number of halogens is 2. The van der Waals surface area contributed by atoms with Crippen LogP contribution in [0.25, 0.3) is 0 Å². The van der Waals surface area contributed by atoms with Gasteiger partial charge >= 0.3 is 13.7 Å². The zero-order valence-corrected chi connectivity index (χ0v) is 6.26. The van der Waals surface area contributed by atoms with Gasteiger partial charge in [-0.3, -0.25) is 4.98 Å². The molecule has 5 nitrogen and oxygen atoms in total. The molecule has 0 saturated heterocycles. The monoisotopic (exact) mass is 190 g/mol. The second-order valence-corrected chi connectivity index (χ2v) is 2.00. The van der Waals surface area contributed by atoms with Crippen LogP contribution in [0.1, 0.15) is 0 Å². The number of hydrogen-bond acceptors (Lipinski definition) is 5. The topological polar surface area (TPSA) is 75.5 Å². The van der Waals surface area contributed by atoms with Crippen molar-refractivity contribution in [2.24, 2.45) is 0 Å². The smallest absolute Gasteiger partial charge is 0.422 e. The van der Waals surface area contributed by atoms with Gasteiger partial charge in [-0.25, -0.2) is 4.98 Å². The van der Waals surface area contributed by atoms with Crippen LogP contribution >= 0.6 is 0 Å². The van der Waals surface area contributed by atoms with Crippen molar-refractivity contribution in [2.45, 2.75) is 6.61 Å². The molecule has 0 aliphatic carbocycles. The molecule has 0 saturated carbocycles. The molecule has 0 spiro atoms. The van der Waals surface area contributed by atoms with Crippen LogP contribution in [0.15, 0.2) is 12.4 Å². The fourth-order valence-corrected chi connectivity index (χ4v) is 0.688. The first-order valence-corrected chi connectivity index (χ1v) is 3.23. The molecule has 0 unspecified atom stereocenters. The van der Waals surface area contributed by atoms with Crippen LogP contribution in [0.3, 0.4) is 0 Å². The predicted molar refractivity (Wildman–Crippen MR) is 38.5 cm³/mol. The molecule has 2 N–H and O–H groups in total. The van der Waals surface area contributed by atoms with E-state index in [1.807, 2.05) is 0 Å². The lowest BCUT2D eigenvalue weighted by atomic mass is 9.86. The third-order valence-corrected chi connectivity index (χ3v) is 1.14. The van der Waals surface area contributed by atoms with Crippen molar-refractivity contribution >= 4 is 12.7 Å². The summed E-state index contributed by atoms with van der Waals surface area (Å²) in [6, 6.07) is 0. The summed E-state index contributed by atoms with van der Waals surface area (Å²) >= 11 is 0. The van der Waals surface area contributed by atoms with Gasteiger partial charge in [0.15, 0.2) is 0 Å². The number of hydrogen-bond donors (Lipinski definition) is 2. The third-order valence-electron chi connectivity index (χ3n) is 1.14. The molecule has 1 heterocycles. The normalized spacial score (nSPS) is 10.2. The summed E-state index contributed by atoms with van der Waals surface area (Å²) < 4.78 is 27.3. The Morgan fingerprint density at radius 3 is 2.46 bits per heavy atom. The highest BCUT2D eigenvalue weighted by Gasteiger charge is 2.21. The molecule has 0 amide bonds. The number of rotatable bonds is 3. The van der Waals surface area contributed by atoms with Gasteiger partial charge in [-0.05, 0) is 0 Å². The summed E-state index contributed by atoms with van der Waals surface area (Å²) in [6.07, 6.45) is 2.23. The van der Waals surface area contributed by atoms with Gasteiger partial charge in [-0.15, -0.1) is 0 Å². The summed E-state index contributed by atoms with van der Waals surface area (Å²) in [5.41, 5.74) is -0.442. The third kappa shape index (κ3) is 2.60. The van der Waals surface area contributed by atoms with Crippen molar-refractivity contribution in [2.75, 3.05) is 0 Å². The van der Waals surface area contributed by atoms with Crippen molar-refractivity contribution in [3.63, 3.8) is 0 Å². The van der Waals surface area contributed by atoms with Crippen molar-refractivity contribution in [3.8, 4) is 5.88 Å². The minimum absolute atomic E-state index is 0.442. The molecule has 0 radical (unpaired) electrons. The molecule has 0 atom stereocenters. The van der Waals surface area contributed by atoms with Crippen LogP contribution in [0.5, 0.6) is 5.88 Å². The van der Waals surface area contributed by atoms with Crippen LogP contribution < -0.4 is 10.3 Å². The quantitative estimate of drug-likeness (QED) is 0.582. The maximum Gasteiger partial charge on any atom is 0.513 e. The van der Waals surface area contributed by atoms with E-state index in [1.54, 1.807) is 0 Å². The van der Waals surface area contributed by atoms with E-state index in [-0.39, 0.29) is 0 Å². The van der Waals surface area contributed by atoms with Crippen molar-refractivity contribution in [3.05, 3.63) is 12.4 Å². The Kier molecular flexibility index (Phi) is 3.10. The molecule has 1 aromatic rings. The second kappa shape index (κ2) is 4.10. The molecular formula is C5H5BF2N2O3. The first kappa shape index (κ1) is 9.81. The van der Waals surface area contributed by atoms with E-state index in [4.69, 9.17) is 10.0 Å². The highest BCUT2D eigenvalue weighted by Crippen LogP contribution is 2.04. The fraction of sp³-hybridized carbons (Fsp3) is 0.200. The van der Waals surface area contributed by atoms with E-state index in [0.29, 0.717) is 0 Å². The highest BCUT2D eigenvalue weighted by molar-refractivity contribution is 6.58. The maximum atomic E-state index is 11.7. The molecule has 8 heteroatoms. The van der Waals surface area contributed by atoms with Gasteiger partial charge in [-0.2, -0.15) is 8.78 Å². The summed E-state index contributed by atoms with van der Waals surface area (Å²) in [4.78, 5) is 6.77. The Morgan fingerprint density at radius 2 is 1.92 bits per heavy atom. The number of ether oxygens (including phenoxy) is 1. The molecule has 1 aromatic heterocycles. The van der Waals surface area contributed by atoms with Crippen LogP contribution in [-0.4, -0.2) is 33.7 Å². The molecule has 0 fully saturated rings. The van der Waals surface area contributed by atoms with Gasteiger partial charge < -0.3 is 14.8 Å². The predicted octanol–water partition coefficient (Wildman–Crippen LogP) is -1.24. The summed E-state index contributed by atoms with van der Waals surface area (Å²) in [7, 11) is -1.98. The van der Waals surface area contributed by atoms with Gasteiger partial charge in [0.05, 0.1) is 0 Å². The Balaban J connectivity index is 2.91. The van der Waals surface area contributed by atoms with Gasteiger partial charge in [0.2, 0.25) is 5.88 Å². The Hall–Kier alpha value is -1.28. The van der Waals surface area contributed by atoms with E-state index in [0.717, 1.165) is 12.4 Å². The SMILES string of the molecule is OB(O)c1nccnc1OC(F)F. The summed E-state index contributed by atoms with van der Waals surface area (Å²) in [6.45, 7) is -3.07. The average Bonchev–Trinajstić information content (AvgIpc) is 2.03. The van der Waals surface area contributed by atoms with Crippen LogP contribution in [0, 0.1) is 0 Å². The molecule has 0 aromatic carbocycles. The maximum absolute atomic E-state index is 11.7. The van der Waals surface area contributed by atoms with E-state index >= 15 is 0 Å². The lowest BCUT2D eigenvalue weighted by Crippen LogP contribution is -2.35. The number of nitrogens with zero attached hydrogens (tertiary/aromatic N) is 2. The first-order valence-electron chi connectivity index (χ1n) is 3.23. The Labute approximate surface area is 72.2 Å². The van der Waals surface area contributed by atoms with Gasteiger partial charge in [0.1, 0.15) is 5.59 Å². The van der Waals surface area contributed by atoms with Crippen LogP contribution in [0.4, 0.5) is 8.78 Å². The largest absolute Gasteiger partial charge is 0.513 e. The Morgan fingerprint density at radius 1 is 1.31 bits per heavy atom. The van der Waals surface area contributed by atoms with Gasteiger partial charge in [-0.1, -0.05) is 0 Å². The summed E-state index contributed by atoms with van der Waals surface area (Å²) in [5.74, 6) is -0.590. The van der Waals surface area contributed by atoms with Crippen molar-refractivity contribution < 1.29 is 23.6 Å². The lowest BCUT2D eigenvalue weighted by Gasteiger charge is -2.06. The van der Waals surface area contributed by atoms with Gasteiger partial charge in [0.25, 0.3) is 0 Å². The van der Waals surface area contributed by atoms with E-state index < -0.39 is 25.2 Å². The van der Waals surface area contributed by atoms with E-state index in [9.17, 15) is 8.78 Å². The van der Waals surface area contributed by atoms with Gasteiger partial charge in [0, 0.05) is 12.4 Å². The average molecular weight is 190 g/mol. The second-order valence-electron chi connectivity index (χ2n) is 2.00. The molecule has 0 aliphatic heterocycles. The minimum Gasteiger partial charge on any atom is -0.422 e. The zero-order chi connectivity index (χ0) is 9.84. The fourth-order valence-electron chi connectivity index (χ4n) is 0.688. The minimum atomic E-state index is -3.07. The molecule has 0 bridgehead atoms. The molecule has 1 rings (SSSR count). The number of alkyl halides is 2. The van der Waals surface area contributed by atoms with E-state index in [2.05, 4.69) is 14.7 Å². The molecule has 13 heavy (non-hydrogen) atoms. The molecule has 0 aliphatic rings. The standard InChI is InChI=1S/C5H5BF2N2O3/c7-5(8)13-4-3(6(11)12)9-1-2-10-4/h1-2,5,11-12H. The van der Waals surface area contributed by atoms with Crippen LogP contribution in [0.2, 0.25) is 0 Å². The zero-order valence-electron chi connectivity index (χ0n) is 6.26. The first-order chi connectivity index (χ1) is 6.11. The Bertz CT molecular complexity index is 286. The van der Waals surface area contributed by atoms with Crippen LogP contribution in [-0.2, 0) is 0 Å². The number of aromatic nitrogens is 2.